The molecule has 3 aliphatic heterocycles. The van der Waals surface area contributed by atoms with Crippen molar-refractivity contribution in [2.75, 3.05) is 6.61 Å². The molecule has 4 saturated carbocycles. The second-order valence-corrected chi connectivity index (χ2v) is 16.1. The van der Waals surface area contributed by atoms with Crippen LogP contribution in [0.3, 0.4) is 0 Å². The van der Waals surface area contributed by atoms with Crippen molar-refractivity contribution in [2.45, 2.75) is 159 Å². The average molecular weight is 635 g/mol. The molecule has 16 atom stereocenters. The second kappa shape index (κ2) is 11.8. The Morgan fingerprint density at radius 3 is 2.27 bits per heavy atom. The van der Waals surface area contributed by atoms with Gasteiger partial charge in [0, 0.05) is 24.3 Å². The molecule has 3 heterocycles. The van der Waals surface area contributed by atoms with Crippen molar-refractivity contribution in [3.8, 4) is 0 Å². The highest BCUT2D eigenvalue weighted by molar-refractivity contribution is 5.85. The van der Waals surface area contributed by atoms with E-state index in [9.17, 15) is 25.2 Å². The number of esters is 1. The van der Waals surface area contributed by atoms with E-state index in [2.05, 4.69) is 13.8 Å². The van der Waals surface area contributed by atoms with Crippen LogP contribution in [0.25, 0.3) is 0 Å². The van der Waals surface area contributed by atoms with Crippen molar-refractivity contribution in [3.63, 3.8) is 0 Å². The van der Waals surface area contributed by atoms with Gasteiger partial charge in [0.15, 0.2) is 12.6 Å². The molecule has 45 heavy (non-hydrogen) atoms. The summed E-state index contributed by atoms with van der Waals surface area (Å²) in [5.41, 5.74) is 0.288. The SMILES string of the molecule is CC1O[C@@H](OC2C(O)C[C@@H](OC3CC[C@@]4(C)[C@H](CC[C@H]5[C@@H]4CC[C@]4(C)C(C6=CC(=O)OC6)CC[C@@]54O)C3)OC2C)CC(O)C1O. The van der Waals surface area contributed by atoms with Crippen LogP contribution in [0.5, 0.6) is 0 Å². The Hall–Kier alpha value is -1.11. The summed E-state index contributed by atoms with van der Waals surface area (Å²) < 4.78 is 29.8. The maximum Gasteiger partial charge on any atom is 0.331 e. The van der Waals surface area contributed by atoms with Crippen molar-refractivity contribution in [3.05, 3.63) is 11.6 Å². The maximum atomic E-state index is 12.5. The predicted octanol–water partition coefficient (Wildman–Crippen LogP) is 3.37. The van der Waals surface area contributed by atoms with Crippen molar-refractivity contribution in [1.29, 1.82) is 0 Å². The number of aliphatic hydroxyl groups excluding tert-OH is 3. The number of aliphatic hydroxyl groups is 4. The largest absolute Gasteiger partial charge is 0.458 e. The monoisotopic (exact) mass is 634 g/mol. The van der Waals surface area contributed by atoms with Gasteiger partial charge in [0.1, 0.15) is 18.8 Å². The van der Waals surface area contributed by atoms with Gasteiger partial charge in [0.25, 0.3) is 0 Å². The zero-order chi connectivity index (χ0) is 31.9. The van der Waals surface area contributed by atoms with Crippen LogP contribution in [-0.2, 0) is 28.5 Å². The van der Waals surface area contributed by atoms with Crippen LogP contribution in [0.2, 0.25) is 0 Å². The third kappa shape index (κ3) is 5.34. The van der Waals surface area contributed by atoms with E-state index >= 15 is 0 Å². The molecule has 7 aliphatic rings. The topological polar surface area (TPSA) is 144 Å². The van der Waals surface area contributed by atoms with E-state index in [0.717, 1.165) is 63.4 Å². The predicted molar refractivity (Wildman–Crippen MR) is 161 cm³/mol. The minimum absolute atomic E-state index is 0.0558. The number of fused-ring (bicyclic) bond motifs is 5. The molecule has 0 aromatic rings. The lowest BCUT2D eigenvalue weighted by molar-refractivity contribution is -0.318. The van der Waals surface area contributed by atoms with Crippen LogP contribution in [0.1, 0.15) is 98.3 Å². The first-order valence-corrected chi connectivity index (χ1v) is 17.6. The molecule has 10 nitrogen and oxygen atoms in total. The number of carbonyl (C=O) groups is 1. The smallest absolute Gasteiger partial charge is 0.331 e. The van der Waals surface area contributed by atoms with Crippen LogP contribution in [0, 0.1) is 34.5 Å². The Morgan fingerprint density at radius 2 is 1.56 bits per heavy atom. The van der Waals surface area contributed by atoms with Gasteiger partial charge in [-0.2, -0.15) is 0 Å². The van der Waals surface area contributed by atoms with Gasteiger partial charge in [-0.05, 0) is 106 Å². The first-order valence-electron chi connectivity index (χ1n) is 17.6. The number of ether oxygens (including phenoxy) is 5. The molecule has 0 aromatic heterocycles. The van der Waals surface area contributed by atoms with E-state index in [1.807, 2.05) is 6.92 Å². The molecular weight excluding hydrogens is 580 g/mol. The summed E-state index contributed by atoms with van der Waals surface area (Å²) in [4.78, 5) is 11.9. The van der Waals surface area contributed by atoms with Crippen molar-refractivity contribution >= 4 is 5.97 Å². The van der Waals surface area contributed by atoms with E-state index in [0.29, 0.717) is 24.9 Å². The van der Waals surface area contributed by atoms with Gasteiger partial charge >= 0.3 is 5.97 Å². The molecule has 0 aromatic carbocycles. The molecule has 4 N–H and O–H groups in total. The Kier molecular flexibility index (Phi) is 8.50. The quantitative estimate of drug-likeness (QED) is 0.263. The van der Waals surface area contributed by atoms with Gasteiger partial charge in [-0.3, -0.25) is 0 Å². The number of hydrogen-bond acceptors (Lipinski definition) is 10. The van der Waals surface area contributed by atoms with Crippen LogP contribution < -0.4 is 0 Å². The molecular formula is C35H54O10. The first-order chi connectivity index (χ1) is 21.3. The lowest BCUT2D eigenvalue weighted by atomic mass is 9.43. The third-order valence-electron chi connectivity index (χ3n) is 13.9. The number of hydrogen-bond donors (Lipinski definition) is 4. The second-order valence-electron chi connectivity index (χ2n) is 16.1. The van der Waals surface area contributed by atoms with Crippen LogP contribution >= 0.6 is 0 Å². The number of rotatable bonds is 5. The molecule has 254 valence electrons. The molecule has 7 rings (SSSR count). The highest BCUT2D eigenvalue weighted by atomic mass is 16.7. The fourth-order valence-electron chi connectivity index (χ4n) is 11.3. The highest BCUT2D eigenvalue weighted by Crippen LogP contribution is 2.70. The summed E-state index contributed by atoms with van der Waals surface area (Å²) in [6, 6.07) is 0. The summed E-state index contributed by atoms with van der Waals surface area (Å²) >= 11 is 0. The van der Waals surface area contributed by atoms with Gasteiger partial charge in [0.2, 0.25) is 0 Å². The Balaban J connectivity index is 0.958. The summed E-state index contributed by atoms with van der Waals surface area (Å²) in [6.07, 6.45) is 5.45. The fourth-order valence-corrected chi connectivity index (χ4v) is 11.3. The minimum Gasteiger partial charge on any atom is -0.458 e. The number of cyclic esters (lactones) is 1. The van der Waals surface area contributed by atoms with Gasteiger partial charge in [-0.25, -0.2) is 4.79 Å². The summed E-state index contributed by atoms with van der Waals surface area (Å²) in [7, 11) is 0. The van der Waals surface area contributed by atoms with E-state index in [4.69, 9.17) is 23.7 Å². The molecule has 2 saturated heterocycles. The molecule has 10 heteroatoms. The summed E-state index contributed by atoms with van der Waals surface area (Å²) in [5, 5.41) is 43.6. The lowest BCUT2D eigenvalue weighted by Gasteiger charge is -2.64. The molecule has 0 radical (unpaired) electrons. The summed E-state index contributed by atoms with van der Waals surface area (Å²) in [5.74, 6) is 1.22. The maximum absolute atomic E-state index is 12.5. The molecule has 6 fully saturated rings. The first kappa shape index (κ1) is 32.4. The Morgan fingerprint density at radius 1 is 0.822 bits per heavy atom. The van der Waals surface area contributed by atoms with Crippen molar-refractivity contribution in [2.24, 2.45) is 34.5 Å². The van der Waals surface area contributed by atoms with Crippen molar-refractivity contribution < 1.29 is 48.9 Å². The van der Waals surface area contributed by atoms with E-state index in [-0.39, 0.29) is 41.2 Å². The zero-order valence-electron chi connectivity index (χ0n) is 27.3. The Labute approximate surface area is 266 Å². The summed E-state index contributed by atoms with van der Waals surface area (Å²) in [6.45, 7) is 8.67. The standard InChI is InChI=1S/C35H54O10/c1-18-31(39)26(36)15-30(42-18)45-32-19(2)43-29(16-27(32)37)44-22-7-10-33(3)21(14-22)5-6-25-24(33)8-11-34(4)23(9-12-35(25,34)40)20-13-28(38)41-17-20/h13,18-19,21-27,29-32,36-37,39-40H,5-12,14-17H2,1-4H3/t18?,19?,21-,22?,23?,24+,25+,26?,27?,29-,30+,31?,32?,33+,34-,35-/m1/s1. The van der Waals surface area contributed by atoms with Crippen LogP contribution in [0.15, 0.2) is 11.6 Å². The minimum atomic E-state index is -0.957. The molecule has 0 bridgehead atoms. The van der Waals surface area contributed by atoms with Crippen molar-refractivity contribution in [1.82, 2.24) is 0 Å². The number of carbonyl (C=O) groups excluding carboxylic acids is 1. The average Bonchev–Trinajstić information content (AvgIpc) is 3.53. The lowest BCUT2D eigenvalue weighted by Crippen LogP contribution is -2.62. The molecule has 8 unspecified atom stereocenters. The molecule has 0 amide bonds. The highest BCUT2D eigenvalue weighted by Gasteiger charge is 2.67. The van der Waals surface area contributed by atoms with Crippen LogP contribution in [0.4, 0.5) is 0 Å². The molecule has 0 spiro atoms. The van der Waals surface area contributed by atoms with Gasteiger partial charge in [0.05, 0.1) is 36.1 Å². The van der Waals surface area contributed by atoms with Crippen LogP contribution in [-0.4, -0.2) is 93.9 Å². The normalized spacial score (nSPS) is 54.9. The molecule has 4 aliphatic carbocycles. The van der Waals surface area contributed by atoms with E-state index < -0.39 is 54.8 Å². The Bertz CT molecular complexity index is 1140. The third-order valence-corrected chi connectivity index (χ3v) is 13.9. The zero-order valence-corrected chi connectivity index (χ0v) is 27.3. The van der Waals surface area contributed by atoms with Gasteiger partial charge in [-0.1, -0.05) is 13.8 Å². The van der Waals surface area contributed by atoms with Gasteiger partial charge < -0.3 is 44.1 Å². The fraction of sp³-hybridized carbons (Fsp3) is 0.914. The van der Waals surface area contributed by atoms with E-state index in [1.54, 1.807) is 13.0 Å². The van der Waals surface area contributed by atoms with E-state index in [1.165, 1.54) is 0 Å². The van der Waals surface area contributed by atoms with Gasteiger partial charge in [-0.15, -0.1) is 0 Å².